The molecule has 0 unspecified atom stereocenters. The molecular formula is C11H11N3O. The molecule has 0 radical (unpaired) electrons. The molecule has 4 heteroatoms. The van der Waals surface area contributed by atoms with Gasteiger partial charge in [-0.2, -0.15) is 9.98 Å². The zero-order valence-electron chi connectivity index (χ0n) is 8.64. The molecule has 0 saturated carbocycles. The van der Waals surface area contributed by atoms with E-state index in [0.717, 1.165) is 11.3 Å². The van der Waals surface area contributed by atoms with Crippen molar-refractivity contribution in [2.45, 2.75) is 0 Å². The second-order valence-corrected chi connectivity index (χ2v) is 3.48. The van der Waals surface area contributed by atoms with Crippen molar-refractivity contribution in [3.63, 3.8) is 0 Å². The van der Waals surface area contributed by atoms with E-state index in [-0.39, 0.29) is 0 Å². The summed E-state index contributed by atoms with van der Waals surface area (Å²) in [5.41, 5.74) is 2.65. The van der Waals surface area contributed by atoms with E-state index < -0.39 is 6.03 Å². The van der Waals surface area contributed by atoms with Gasteiger partial charge in [-0.25, -0.2) is 4.79 Å². The number of benzene rings is 1. The first-order valence-corrected chi connectivity index (χ1v) is 4.61. The number of hydrogen-bond acceptors (Lipinski definition) is 2. The van der Waals surface area contributed by atoms with Crippen LogP contribution in [-0.4, -0.2) is 32.1 Å². The van der Waals surface area contributed by atoms with Crippen LogP contribution in [0, 0.1) is 0 Å². The summed E-state index contributed by atoms with van der Waals surface area (Å²) in [6.07, 6.45) is 1.49. The van der Waals surface area contributed by atoms with Gasteiger partial charge in [-0.05, 0) is 12.1 Å². The van der Waals surface area contributed by atoms with Crippen LogP contribution in [0.4, 0.5) is 10.5 Å². The van der Waals surface area contributed by atoms with Crippen LogP contribution in [0.5, 0.6) is 0 Å². The minimum Gasteiger partial charge on any atom is -0.378 e. The highest BCUT2D eigenvalue weighted by molar-refractivity contribution is 6.43. The Kier molecular flexibility index (Phi) is 2.33. The third kappa shape index (κ3) is 1.93. The molecule has 4 nitrogen and oxygen atoms in total. The fraction of sp³-hybridized carbons (Fsp3) is 0.182. The van der Waals surface area contributed by atoms with E-state index >= 15 is 0 Å². The Morgan fingerprint density at radius 2 is 1.80 bits per heavy atom. The minimum absolute atomic E-state index is 0.429. The molecule has 0 fully saturated rings. The van der Waals surface area contributed by atoms with Crippen LogP contribution in [-0.2, 0) is 0 Å². The molecule has 76 valence electrons. The number of aliphatic imine (C=N–C) groups is 2. The van der Waals surface area contributed by atoms with Crippen LogP contribution in [0.1, 0.15) is 5.56 Å². The Morgan fingerprint density at radius 3 is 2.27 bits per heavy atom. The fourth-order valence-corrected chi connectivity index (χ4v) is 1.35. The normalized spacial score (nSPS) is 14.3. The monoisotopic (exact) mass is 201 g/mol. The first-order valence-electron chi connectivity index (χ1n) is 4.61. The molecule has 0 bridgehead atoms. The number of carbonyl (C=O) groups is 1. The zero-order valence-corrected chi connectivity index (χ0v) is 8.64. The maximum atomic E-state index is 10.8. The predicted octanol–water partition coefficient (Wildman–Crippen LogP) is 1.75. The molecular weight excluding hydrogens is 190 g/mol. The second-order valence-electron chi connectivity index (χ2n) is 3.48. The predicted molar refractivity (Wildman–Crippen MR) is 61.2 cm³/mol. The van der Waals surface area contributed by atoms with Gasteiger partial charge in [0.05, 0.1) is 11.9 Å². The van der Waals surface area contributed by atoms with Crippen molar-refractivity contribution >= 4 is 23.6 Å². The van der Waals surface area contributed by atoms with E-state index in [4.69, 9.17) is 0 Å². The van der Waals surface area contributed by atoms with E-state index in [9.17, 15) is 4.79 Å². The highest BCUT2D eigenvalue weighted by Crippen LogP contribution is 2.13. The van der Waals surface area contributed by atoms with Crippen LogP contribution in [0.15, 0.2) is 34.3 Å². The van der Waals surface area contributed by atoms with Gasteiger partial charge in [-0.15, -0.1) is 0 Å². The van der Waals surface area contributed by atoms with Gasteiger partial charge in [0, 0.05) is 25.3 Å². The fourth-order valence-electron chi connectivity index (χ4n) is 1.35. The first-order chi connectivity index (χ1) is 7.16. The Balaban J connectivity index is 2.28. The lowest BCUT2D eigenvalue weighted by Crippen LogP contribution is -2.08. The SMILES string of the molecule is CN(C)c1ccc(C2=NC(=O)N=C2)cc1. The summed E-state index contributed by atoms with van der Waals surface area (Å²) in [5, 5.41) is 0. The summed E-state index contributed by atoms with van der Waals surface area (Å²) in [7, 11) is 3.96. The molecule has 0 aliphatic carbocycles. The van der Waals surface area contributed by atoms with Gasteiger partial charge in [0.1, 0.15) is 0 Å². The van der Waals surface area contributed by atoms with Crippen LogP contribution in [0.2, 0.25) is 0 Å². The summed E-state index contributed by atoms with van der Waals surface area (Å²) in [6, 6.07) is 7.39. The van der Waals surface area contributed by atoms with Gasteiger partial charge >= 0.3 is 6.03 Å². The molecule has 2 rings (SSSR count). The number of amides is 2. The molecule has 0 spiro atoms. The Bertz CT molecular complexity index is 443. The lowest BCUT2D eigenvalue weighted by molar-refractivity contribution is 0.257. The summed E-state index contributed by atoms with van der Waals surface area (Å²) < 4.78 is 0. The summed E-state index contributed by atoms with van der Waals surface area (Å²) in [6.45, 7) is 0. The third-order valence-corrected chi connectivity index (χ3v) is 2.19. The van der Waals surface area contributed by atoms with Crippen molar-refractivity contribution in [3.05, 3.63) is 29.8 Å². The number of carbonyl (C=O) groups excluding carboxylic acids is 1. The number of nitrogens with zero attached hydrogens (tertiary/aromatic N) is 3. The first kappa shape index (κ1) is 9.58. The molecule has 0 aromatic heterocycles. The van der Waals surface area contributed by atoms with E-state index in [2.05, 4.69) is 9.98 Å². The van der Waals surface area contributed by atoms with Crippen molar-refractivity contribution in [2.75, 3.05) is 19.0 Å². The summed E-state index contributed by atoms with van der Waals surface area (Å²) in [5.74, 6) is 0. The van der Waals surface area contributed by atoms with Gasteiger partial charge < -0.3 is 4.90 Å². The third-order valence-electron chi connectivity index (χ3n) is 2.19. The van der Waals surface area contributed by atoms with Gasteiger partial charge in [0.15, 0.2) is 0 Å². The highest BCUT2D eigenvalue weighted by atomic mass is 16.2. The second kappa shape index (κ2) is 3.65. The quantitative estimate of drug-likeness (QED) is 0.731. The molecule has 0 atom stereocenters. The maximum Gasteiger partial charge on any atom is 0.367 e. The largest absolute Gasteiger partial charge is 0.378 e. The summed E-state index contributed by atoms with van der Waals surface area (Å²) in [4.78, 5) is 20.2. The molecule has 1 aromatic carbocycles. The Hall–Kier alpha value is -1.97. The van der Waals surface area contributed by atoms with Crippen molar-refractivity contribution in [1.29, 1.82) is 0 Å². The average molecular weight is 201 g/mol. The maximum absolute atomic E-state index is 10.8. The smallest absolute Gasteiger partial charge is 0.367 e. The minimum atomic E-state index is -0.429. The molecule has 1 aliphatic heterocycles. The standard InChI is InChI=1S/C11H11N3O/c1-14(2)9-5-3-8(4-6-9)10-7-12-11(15)13-10/h3-7H,1-2H3. The Morgan fingerprint density at radius 1 is 1.13 bits per heavy atom. The van der Waals surface area contributed by atoms with Crippen LogP contribution >= 0.6 is 0 Å². The van der Waals surface area contributed by atoms with Crippen LogP contribution < -0.4 is 4.90 Å². The van der Waals surface area contributed by atoms with E-state index in [1.807, 2.05) is 43.3 Å². The molecule has 0 N–H and O–H groups in total. The van der Waals surface area contributed by atoms with E-state index in [1.54, 1.807) is 0 Å². The van der Waals surface area contributed by atoms with Gasteiger partial charge in [-0.1, -0.05) is 12.1 Å². The van der Waals surface area contributed by atoms with E-state index in [0.29, 0.717) is 5.71 Å². The molecule has 15 heavy (non-hydrogen) atoms. The lowest BCUT2D eigenvalue weighted by Gasteiger charge is -2.12. The van der Waals surface area contributed by atoms with Crippen LogP contribution in [0.3, 0.4) is 0 Å². The number of urea groups is 1. The average Bonchev–Trinajstić information content (AvgIpc) is 2.65. The number of hydrogen-bond donors (Lipinski definition) is 0. The molecule has 0 saturated heterocycles. The summed E-state index contributed by atoms with van der Waals surface area (Å²) >= 11 is 0. The Labute approximate surface area is 88.0 Å². The lowest BCUT2D eigenvalue weighted by atomic mass is 10.1. The van der Waals surface area contributed by atoms with Crippen LogP contribution in [0.25, 0.3) is 0 Å². The van der Waals surface area contributed by atoms with Crippen molar-refractivity contribution in [3.8, 4) is 0 Å². The highest BCUT2D eigenvalue weighted by Gasteiger charge is 2.09. The topological polar surface area (TPSA) is 45.0 Å². The van der Waals surface area contributed by atoms with Gasteiger partial charge in [0.2, 0.25) is 0 Å². The molecule has 1 aliphatic rings. The number of anilines is 1. The van der Waals surface area contributed by atoms with Gasteiger partial charge in [-0.3, -0.25) is 0 Å². The molecule has 2 amide bonds. The van der Waals surface area contributed by atoms with Crippen molar-refractivity contribution in [1.82, 2.24) is 0 Å². The molecule has 1 heterocycles. The molecule has 1 aromatic rings. The number of rotatable bonds is 2. The van der Waals surface area contributed by atoms with Crippen molar-refractivity contribution < 1.29 is 4.79 Å². The van der Waals surface area contributed by atoms with Gasteiger partial charge in [0.25, 0.3) is 0 Å². The zero-order chi connectivity index (χ0) is 10.8. The van der Waals surface area contributed by atoms with E-state index in [1.165, 1.54) is 6.21 Å². The van der Waals surface area contributed by atoms with Crippen molar-refractivity contribution in [2.24, 2.45) is 9.98 Å².